The lowest BCUT2D eigenvalue weighted by Gasteiger charge is -2.30. The van der Waals surface area contributed by atoms with Gasteiger partial charge < -0.3 is 10.6 Å². The van der Waals surface area contributed by atoms with Crippen molar-refractivity contribution in [1.82, 2.24) is 20.1 Å². The van der Waals surface area contributed by atoms with Crippen molar-refractivity contribution in [2.45, 2.75) is 44.2 Å². The average Bonchev–Trinajstić information content (AvgIpc) is 3.00. The van der Waals surface area contributed by atoms with E-state index in [1.54, 1.807) is 10.9 Å². The summed E-state index contributed by atoms with van der Waals surface area (Å²) in [6.07, 6.45) is 4.90. The second-order valence-corrected chi connectivity index (χ2v) is 6.81. The molecule has 1 saturated carbocycles. The Morgan fingerprint density at radius 3 is 2.64 bits per heavy atom. The SMILES string of the molecule is Cn1ccc(-c2cnc(Cl)cc2NC2CCC(NCC(F)F)CC2)n1. The molecule has 2 aromatic heterocycles. The second-order valence-electron chi connectivity index (χ2n) is 6.42. The van der Waals surface area contributed by atoms with E-state index in [1.807, 2.05) is 25.4 Å². The van der Waals surface area contributed by atoms with Crippen LogP contribution in [0.5, 0.6) is 0 Å². The summed E-state index contributed by atoms with van der Waals surface area (Å²) in [5.41, 5.74) is 2.65. The van der Waals surface area contributed by atoms with E-state index in [0.29, 0.717) is 5.15 Å². The number of hydrogen-bond acceptors (Lipinski definition) is 4. The van der Waals surface area contributed by atoms with E-state index < -0.39 is 6.43 Å². The summed E-state index contributed by atoms with van der Waals surface area (Å²) in [6, 6.07) is 4.20. The van der Waals surface area contributed by atoms with Gasteiger partial charge in [-0.1, -0.05) is 11.6 Å². The van der Waals surface area contributed by atoms with Crippen LogP contribution in [0.3, 0.4) is 0 Å². The number of pyridine rings is 1. The van der Waals surface area contributed by atoms with E-state index in [0.717, 1.165) is 42.6 Å². The number of halogens is 3. The minimum atomic E-state index is -2.30. The Morgan fingerprint density at radius 1 is 1.28 bits per heavy atom. The van der Waals surface area contributed by atoms with Crippen molar-refractivity contribution in [3.63, 3.8) is 0 Å². The molecular weight excluding hydrogens is 348 g/mol. The minimum absolute atomic E-state index is 0.170. The predicted molar refractivity (Wildman–Crippen MR) is 95.1 cm³/mol. The first-order valence-electron chi connectivity index (χ1n) is 8.45. The van der Waals surface area contributed by atoms with Gasteiger partial charge in [0, 0.05) is 42.8 Å². The van der Waals surface area contributed by atoms with Crippen LogP contribution < -0.4 is 10.6 Å². The molecule has 1 aliphatic rings. The maximum absolute atomic E-state index is 12.3. The fraction of sp³-hybridized carbons (Fsp3) is 0.529. The van der Waals surface area contributed by atoms with Crippen LogP contribution in [-0.2, 0) is 7.05 Å². The van der Waals surface area contributed by atoms with Crippen LogP contribution in [0.15, 0.2) is 24.5 Å². The fourth-order valence-corrected chi connectivity index (χ4v) is 3.39. The highest BCUT2D eigenvalue weighted by Gasteiger charge is 2.22. The molecule has 0 aliphatic heterocycles. The Bertz CT molecular complexity index is 698. The molecule has 0 atom stereocenters. The van der Waals surface area contributed by atoms with Gasteiger partial charge >= 0.3 is 0 Å². The maximum Gasteiger partial charge on any atom is 0.250 e. The zero-order valence-corrected chi connectivity index (χ0v) is 14.8. The van der Waals surface area contributed by atoms with Gasteiger partial charge in [0.15, 0.2) is 0 Å². The van der Waals surface area contributed by atoms with Crippen molar-refractivity contribution in [3.05, 3.63) is 29.7 Å². The van der Waals surface area contributed by atoms with Crippen molar-refractivity contribution in [3.8, 4) is 11.3 Å². The lowest BCUT2D eigenvalue weighted by Crippen LogP contribution is -2.39. The van der Waals surface area contributed by atoms with Crippen LogP contribution >= 0.6 is 11.6 Å². The number of nitrogens with one attached hydrogen (secondary N) is 2. The normalized spacial score (nSPS) is 20.8. The Balaban J connectivity index is 1.64. The number of aryl methyl sites for hydroxylation is 1. The molecule has 0 amide bonds. The van der Waals surface area contributed by atoms with Gasteiger partial charge in [0.1, 0.15) is 5.15 Å². The van der Waals surface area contributed by atoms with Crippen LogP contribution in [0.2, 0.25) is 5.15 Å². The molecule has 8 heteroatoms. The standard InChI is InChI=1S/C17H22ClF2N5/c1-25-7-6-14(24-25)13-9-22-16(18)8-15(13)23-12-4-2-11(3-5-12)21-10-17(19)20/h6-9,11-12,17,21H,2-5,10H2,1H3,(H,22,23). The molecule has 2 aromatic rings. The first-order chi connectivity index (χ1) is 12.0. The third-order valence-corrected chi connectivity index (χ3v) is 4.71. The van der Waals surface area contributed by atoms with Gasteiger partial charge in [-0.3, -0.25) is 4.68 Å². The molecule has 0 unspecified atom stereocenters. The molecule has 0 spiro atoms. The maximum atomic E-state index is 12.3. The highest BCUT2D eigenvalue weighted by Crippen LogP contribution is 2.31. The minimum Gasteiger partial charge on any atom is -0.382 e. The van der Waals surface area contributed by atoms with Crippen molar-refractivity contribution >= 4 is 17.3 Å². The molecule has 136 valence electrons. The van der Waals surface area contributed by atoms with E-state index in [2.05, 4.69) is 20.7 Å². The second kappa shape index (κ2) is 8.10. The van der Waals surface area contributed by atoms with Crippen LogP contribution in [-0.4, -0.2) is 39.8 Å². The summed E-state index contributed by atoms with van der Waals surface area (Å²) >= 11 is 6.06. The molecule has 1 aliphatic carbocycles. The number of aromatic nitrogens is 3. The summed E-state index contributed by atoms with van der Waals surface area (Å²) in [7, 11) is 1.87. The molecule has 3 rings (SSSR count). The molecule has 5 nitrogen and oxygen atoms in total. The summed E-state index contributed by atoms with van der Waals surface area (Å²) < 4.78 is 26.3. The third-order valence-electron chi connectivity index (χ3n) is 4.51. The Hall–Kier alpha value is -1.73. The molecule has 0 radical (unpaired) electrons. The lowest BCUT2D eigenvalue weighted by molar-refractivity contribution is 0.137. The summed E-state index contributed by atoms with van der Waals surface area (Å²) in [6.45, 7) is -0.230. The van der Waals surface area contributed by atoms with Crippen LogP contribution in [0.4, 0.5) is 14.5 Å². The van der Waals surface area contributed by atoms with E-state index in [9.17, 15) is 8.78 Å². The highest BCUT2D eigenvalue weighted by atomic mass is 35.5. The van der Waals surface area contributed by atoms with E-state index >= 15 is 0 Å². The van der Waals surface area contributed by atoms with Gasteiger partial charge in [0.2, 0.25) is 0 Å². The first kappa shape index (κ1) is 18.1. The van der Waals surface area contributed by atoms with Crippen LogP contribution in [0, 0.1) is 0 Å². The van der Waals surface area contributed by atoms with Crippen LogP contribution in [0.25, 0.3) is 11.3 Å². The highest BCUT2D eigenvalue weighted by molar-refractivity contribution is 6.29. The van der Waals surface area contributed by atoms with E-state index in [4.69, 9.17) is 11.6 Å². The molecule has 2 heterocycles. The molecule has 25 heavy (non-hydrogen) atoms. The van der Waals surface area contributed by atoms with E-state index in [-0.39, 0.29) is 18.6 Å². The monoisotopic (exact) mass is 369 g/mol. The number of alkyl halides is 2. The summed E-state index contributed by atoms with van der Waals surface area (Å²) in [5.74, 6) is 0. The largest absolute Gasteiger partial charge is 0.382 e. The van der Waals surface area contributed by atoms with Gasteiger partial charge in [-0.05, 0) is 37.8 Å². The number of hydrogen-bond donors (Lipinski definition) is 2. The zero-order chi connectivity index (χ0) is 17.8. The summed E-state index contributed by atoms with van der Waals surface area (Å²) in [5, 5.41) is 11.3. The molecule has 0 saturated heterocycles. The quantitative estimate of drug-likeness (QED) is 0.762. The lowest BCUT2D eigenvalue weighted by atomic mass is 9.91. The summed E-state index contributed by atoms with van der Waals surface area (Å²) in [4.78, 5) is 4.17. The van der Waals surface area contributed by atoms with Gasteiger partial charge in [0.25, 0.3) is 6.43 Å². The van der Waals surface area contributed by atoms with Crippen molar-refractivity contribution in [1.29, 1.82) is 0 Å². The van der Waals surface area contributed by atoms with Crippen molar-refractivity contribution < 1.29 is 8.78 Å². The zero-order valence-electron chi connectivity index (χ0n) is 14.1. The number of anilines is 1. The van der Waals surface area contributed by atoms with Gasteiger partial charge in [0.05, 0.1) is 12.2 Å². The van der Waals surface area contributed by atoms with Gasteiger partial charge in [-0.25, -0.2) is 13.8 Å². The predicted octanol–water partition coefficient (Wildman–Crippen LogP) is 3.71. The molecule has 1 fully saturated rings. The topological polar surface area (TPSA) is 54.8 Å². The van der Waals surface area contributed by atoms with E-state index in [1.165, 1.54) is 0 Å². The fourth-order valence-electron chi connectivity index (χ4n) is 3.23. The third kappa shape index (κ3) is 4.89. The Morgan fingerprint density at radius 2 is 2.00 bits per heavy atom. The average molecular weight is 370 g/mol. The Labute approximate surface area is 150 Å². The van der Waals surface area contributed by atoms with Crippen molar-refractivity contribution in [2.24, 2.45) is 7.05 Å². The first-order valence-corrected chi connectivity index (χ1v) is 8.82. The number of nitrogens with zero attached hydrogens (tertiary/aromatic N) is 3. The van der Waals surface area contributed by atoms with Crippen molar-refractivity contribution in [2.75, 3.05) is 11.9 Å². The molecular formula is C17H22ClF2N5. The molecule has 0 aromatic carbocycles. The number of rotatable bonds is 6. The van der Waals surface area contributed by atoms with Gasteiger partial charge in [-0.2, -0.15) is 5.10 Å². The Kier molecular flexibility index (Phi) is 5.86. The van der Waals surface area contributed by atoms with Crippen LogP contribution in [0.1, 0.15) is 25.7 Å². The molecule has 2 N–H and O–H groups in total. The van der Waals surface area contributed by atoms with Gasteiger partial charge in [-0.15, -0.1) is 0 Å². The smallest absolute Gasteiger partial charge is 0.250 e. The molecule has 0 bridgehead atoms.